The molecular formula is C15H20ClNO. The molecule has 1 unspecified atom stereocenters. The van der Waals surface area contributed by atoms with Crippen LogP contribution in [0.5, 0.6) is 0 Å². The van der Waals surface area contributed by atoms with Gasteiger partial charge in [-0.25, -0.2) is 0 Å². The van der Waals surface area contributed by atoms with Gasteiger partial charge in [0, 0.05) is 12.1 Å². The molecule has 0 radical (unpaired) electrons. The van der Waals surface area contributed by atoms with Crippen LogP contribution in [0.1, 0.15) is 48.5 Å². The van der Waals surface area contributed by atoms with Gasteiger partial charge in [0.1, 0.15) is 0 Å². The van der Waals surface area contributed by atoms with Gasteiger partial charge >= 0.3 is 0 Å². The third-order valence-corrected chi connectivity index (χ3v) is 3.94. The van der Waals surface area contributed by atoms with Gasteiger partial charge in [0.05, 0.1) is 5.38 Å². The Morgan fingerprint density at radius 3 is 2.44 bits per heavy atom. The molecule has 2 nitrogen and oxygen atoms in total. The smallest absolute Gasteiger partial charge is 0.251 e. The van der Waals surface area contributed by atoms with Crippen LogP contribution in [0.25, 0.3) is 0 Å². The second-order valence-electron chi connectivity index (χ2n) is 5.34. The first-order valence-electron chi connectivity index (χ1n) is 6.60. The first kappa shape index (κ1) is 13.4. The molecule has 0 bridgehead atoms. The topological polar surface area (TPSA) is 29.1 Å². The second-order valence-corrected chi connectivity index (χ2v) is 5.90. The fourth-order valence-electron chi connectivity index (χ4n) is 1.94. The summed E-state index contributed by atoms with van der Waals surface area (Å²) in [4.78, 5) is 11.9. The van der Waals surface area contributed by atoms with Crippen molar-refractivity contribution in [2.75, 3.05) is 6.54 Å². The summed E-state index contributed by atoms with van der Waals surface area (Å²) < 4.78 is 0. The summed E-state index contributed by atoms with van der Waals surface area (Å²) in [7, 11) is 0. The quantitative estimate of drug-likeness (QED) is 0.811. The van der Waals surface area contributed by atoms with Crippen molar-refractivity contribution < 1.29 is 4.79 Å². The lowest BCUT2D eigenvalue weighted by molar-refractivity contribution is 0.0953. The van der Waals surface area contributed by atoms with Crippen LogP contribution < -0.4 is 5.32 Å². The van der Waals surface area contributed by atoms with Gasteiger partial charge in [0.15, 0.2) is 0 Å². The minimum absolute atomic E-state index is 0.0309. The number of carbonyl (C=O) groups excluding carboxylic acids is 1. The van der Waals surface area contributed by atoms with Gasteiger partial charge in [0.2, 0.25) is 0 Å². The fraction of sp³-hybridized carbons (Fsp3) is 0.533. The lowest BCUT2D eigenvalue weighted by atomic mass is 10.0. The Balaban J connectivity index is 1.87. The number of rotatable bonds is 5. The van der Waals surface area contributed by atoms with Crippen molar-refractivity contribution >= 4 is 17.5 Å². The maximum absolute atomic E-state index is 11.9. The van der Waals surface area contributed by atoms with Crippen LogP contribution in [-0.2, 0) is 0 Å². The standard InChI is InChI=1S/C15H20ClNO/c1-10(2)11-3-7-13(8-4-11)15(18)17-9-14(16)12-5-6-12/h3-4,7-8,10,12,14H,5-6,9H2,1-2H3,(H,17,18). The van der Waals surface area contributed by atoms with Gasteiger partial charge in [-0.2, -0.15) is 0 Å². The van der Waals surface area contributed by atoms with E-state index in [1.54, 1.807) is 0 Å². The minimum Gasteiger partial charge on any atom is -0.351 e. The van der Waals surface area contributed by atoms with Crippen LogP contribution >= 0.6 is 11.6 Å². The number of hydrogen-bond acceptors (Lipinski definition) is 1. The zero-order valence-corrected chi connectivity index (χ0v) is 11.7. The van der Waals surface area contributed by atoms with Crippen LogP contribution in [0.3, 0.4) is 0 Å². The van der Waals surface area contributed by atoms with E-state index in [-0.39, 0.29) is 11.3 Å². The zero-order chi connectivity index (χ0) is 13.1. The first-order valence-corrected chi connectivity index (χ1v) is 7.04. The maximum atomic E-state index is 11.9. The highest BCUT2D eigenvalue weighted by Gasteiger charge is 2.29. The van der Waals surface area contributed by atoms with Gasteiger partial charge < -0.3 is 5.32 Å². The third kappa shape index (κ3) is 3.49. The molecule has 0 saturated heterocycles. The van der Waals surface area contributed by atoms with E-state index < -0.39 is 0 Å². The predicted octanol–water partition coefficient (Wildman–Crippen LogP) is 3.56. The van der Waals surface area contributed by atoms with E-state index in [1.165, 1.54) is 18.4 Å². The van der Waals surface area contributed by atoms with Crippen molar-refractivity contribution in [1.82, 2.24) is 5.32 Å². The number of alkyl halides is 1. The molecule has 18 heavy (non-hydrogen) atoms. The normalized spacial score (nSPS) is 16.7. The lowest BCUT2D eigenvalue weighted by Gasteiger charge is -2.10. The van der Waals surface area contributed by atoms with E-state index in [2.05, 4.69) is 19.2 Å². The summed E-state index contributed by atoms with van der Waals surface area (Å²) in [6, 6.07) is 7.79. The number of benzene rings is 1. The van der Waals surface area contributed by atoms with Crippen LogP contribution in [0.4, 0.5) is 0 Å². The molecule has 0 aromatic heterocycles. The van der Waals surface area contributed by atoms with Crippen molar-refractivity contribution in [3.8, 4) is 0 Å². The van der Waals surface area contributed by atoms with Crippen LogP contribution in [0.2, 0.25) is 0 Å². The Morgan fingerprint density at radius 2 is 1.94 bits per heavy atom. The number of carbonyl (C=O) groups is 1. The molecule has 1 aliphatic rings. The maximum Gasteiger partial charge on any atom is 0.251 e. The molecular weight excluding hydrogens is 246 g/mol. The van der Waals surface area contributed by atoms with Crippen molar-refractivity contribution in [2.24, 2.45) is 5.92 Å². The molecule has 0 heterocycles. The van der Waals surface area contributed by atoms with Gasteiger partial charge in [-0.05, 0) is 42.4 Å². The predicted molar refractivity (Wildman–Crippen MR) is 75.2 cm³/mol. The SMILES string of the molecule is CC(C)c1ccc(C(=O)NCC(Cl)C2CC2)cc1. The number of nitrogens with one attached hydrogen (secondary N) is 1. The van der Waals surface area contributed by atoms with Crippen LogP contribution in [-0.4, -0.2) is 17.8 Å². The molecule has 98 valence electrons. The van der Waals surface area contributed by atoms with Crippen LogP contribution in [0.15, 0.2) is 24.3 Å². The average Bonchev–Trinajstić information content (AvgIpc) is 3.20. The molecule has 2 rings (SSSR count). The highest BCUT2D eigenvalue weighted by molar-refractivity contribution is 6.21. The van der Waals surface area contributed by atoms with Crippen molar-refractivity contribution in [3.05, 3.63) is 35.4 Å². The molecule has 1 atom stereocenters. The van der Waals surface area contributed by atoms with E-state index in [1.807, 2.05) is 24.3 Å². The van der Waals surface area contributed by atoms with Crippen molar-refractivity contribution in [3.63, 3.8) is 0 Å². The van der Waals surface area contributed by atoms with E-state index in [4.69, 9.17) is 11.6 Å². The Bertz CT molecular complexity index is 409. The van der Waals surface area contributed by atoms with E-state index in [0.29, 0.717) is 23.9 Å². The van der Waals surface area contributed by atoms with Gasteiger partial charge in [0.25, 0.3) is 5.91 Å². The summed E-state index contributed by atoms with van der Waals surface area (Å²) in [5, 5.41) is 2.98. The van der Waals surface area contributed by atoms with E-state index in [0.717, 1.165) is 0 Å². The Hall–Kier alpha value is -1.02. The molecule has 1 saturated carbocycles. The molecule has 0 aliphatic heterocycles. The number of hydrogen-bond donors (Lipinski definition) is 1. The average molecular weight is 266 g/mol. The van der Waals surface area contributed by atoms with Crippen molar-refractivity contribution in [1.29, 1.82) is 0 Å². The van der Waals surface area contributed by atoms with Gasteiger partial charge in [-0.3, -0.25) is 4.79 Å². The molecule has 0 spiro atoms. The van der Waals surface area contributed by atoms with Gasteiger partial charge in [-0.1, -0.05) is 26.0 Å². The Labute approximate surface area is 114 Å². The van der Waals surface area contributed by atoms with Crippen molar-refractivity contribution in [2.45, 2.75) is 38.0 Å². The van der Waals surface area contributed by atoms with E-state index >= 15 is 0 Å². The number of amides is 1. The highest BCUT2D eigenvalue weighted by atomic mass is 35.5. The molecule has 1 fully saturated rings. The summed E-state index contributed by atoms with van der Waals surface area (Å²) in [6.45, 7) is 4.85. The Morgan fingerprint density at radius 1 is 1.33 bits per heavy atom. The minimum atomic E-state index is -0.0309. The third-order valence-electron chi connectivity index (χ3n) is 3.43. The van der Waals surface area contributed by atoms with E-state index in [9.17, 15) is 4.79 Å². The summed E-state index contributed by atoms with van der Waals surface area (Å²) in [5.41, 5.74) is 1.96. The fourth-order valence-corrected chi connectivity index (χ4v) is 2.27. The lowest BCUT2D eigenvalue weighted by Crippen LogP contribution is -2.30. The summed E-state index contributed by atoms with van der Waals surface area (Å²) in [5.74, 6) is 1.07. The molecule has 1 aromatic carbocycles. The second kappa shape index (κ2) is 5.75. The molecule has 1 aromatic rings. The molecule has 1 aliphatic carbocycles. The number of halogens is 1. The summed E-state index contributed by atoms with van der Waals surface area (Å²) >= 11 is 6.16. The summed E-state index contributed by atoms with van der Waals surface area (Å²) in [6.07, 6.45) is 2.40. The zero-order valence-electron chi connectivity index (χ0n) is 10.9. The first-order chi connectivity index (χ1) is 8.58. The largest absolute Gasteiger partial charge is 0.351 e. The molecule has 1 amide bonds. The molecule has 3 heteroatoms. The Kier molecular flexibility index (Phi) is 4.28. The monoisotopic (exact) mass is 265 g/mol. The molecule has 1 N–H and O–H groups in total. The highest BCUT2D eigenvalue weighted by Crippen LogP contribution is 2.35. The van der Waals surface area contributed by atoms with Crippen LogP contribution in [0, 0.1) is 5.92 Å². The van der Waals surface area contributed by atoms with Gasteiger partial charge in [-0.15, -0.1) is 11.6 Å².